The van der Waals surface area contributed by atoms with Gasteiger partial charge in [-0.05, 0) is 41.8 Å². The number of ether oxygens (including phenoxy) is 1. The number of halogens is 1. The molecule has 1 unspecified atom stereocenters. The molecule has 0 amide bonds. The Balaban J connectivity index is 2.15. The van der Waals surface area contributed by atoms with Crippen molar-refractivity contribution in [2.75, 3.05) is 7.11 Å². The van der Waals surface area contributed by atoms with Gasteiger partial charge < -0.3 is 9.84 Å². The van der Waals surface area contributed by atoms with Crippen molar-refractivity contribution in [1.82, 2.24) is 0 Å². The third-order valence-corrected chi connectivity index (χ3v) is 4.00. The van der Waals surface area contributed by atoms with Crippen molar-refractivity contribution in [3.05, 3.63) is 63.6 Å². The van der Waals surface area contributed by atoms with Gasteiger partial charge in [0, 0.05) is 10.9 Å². The van der Waals surface area contributed by atoms with Gasteiger partial charge in [-0.1, -0.05) is 40.2 Å². The van der Waals surface area contributed by atoms with Gasteiger partial charge in [-0.3, -0.25) is 0 Å². The average Bonchev–Trinajstić information content (AvgIpc) is 2.42. The van der Waals surface area contributed by atoms with Crippen molar-refractivity contribution >= 4 is 15.9 Å². The van der Waals surface area contributed by atoms with E-state index in [9.17, 15) is 5.11 Å². The summed E-state index contributed by atoms with van der Waals surface area (Å²) in [6, 6.07) is 13.7. The van der Waals surface area contributed by atoms with Crippen LogP contribution in [-0.2, 0) is 6.42 Å². The second-order valence-electron chi connectivity index (χ2n) is 4.58. The molecule has 2 nitrogen and oxygen atoms in total. The molecule has 0 aromatic heterocycles. The van der Waals surface area contributed by atoms with Crippen LogP contribution in [0.5, 0.6) is 5.75 Å². The van der Waals surface area contributed by atoms with Crippen molar-refractivity contribution in [3.8, 4) is 5.75 Å². The van der Waals surface area contributed by atoms with E-state index in [4.69, 9.17) is 4.74 Å². The highest BCUT2D eigenvalue weighted by Gasteiger charge is 2.10. The molecule has 0 heterocycles. The highest BCUT2D eigenvalue weighted by molar-refractivity contribution is 9.10. The van der Waals surface area contributed by atoms with Gasteiger partial charge in [-0.15, -0.1) is 0 Å². The van der Waals surface area contributed by atoms with Gasteiger partial charge in [0.25, 0.3) is 0 Å². The first-order valence-corrected chi connectivity index (χ1v) is 6.96. The Hall–Kier alpha value is -1.32. The summed E-state index contributed by atoms with van der Waals surface area (Å²) < 4.78 is 6.21. The molecule has 0 saturated heterocycles. The zero-order valence-electron chi connectivity index (χ0n) is 11.1. The van der Waals surface area contributed by atoms with Crippen LogP contribution >= 0.6 is 15.9 Å². The first kappa shape index (κ1) is 14.1. The Morgan fingerprint density at radius 3 is 2.68 bits per heavy atom. The lowest BCUT2D eigenvalue weighted by atomic mass is 10.0. The van der Waals surface area contributed by atoms with Gasteiger partial charge in [0.15, 0.2) is 0 Å². The molecule has 0 aliphatic rings. The molecule has 0 radical (unpaired) electrons. The fourth-order valence-electron chi connectivity index (χ4n) is 1.96. The number of methoxy groups -OCH3 is 1. The first-order valence-electron chi connectivity index (χ1n) is 6.17. The molecular weight excluding hydrogens is 304 g/mol. The number of hydrogen-bond donors (Lipinski definition) is 1. The molecule has 2 rings (SSSR count). The Labute approximate surface area is 122 Å². The minimum absolute atomic E-state index is 0.510. The fourth-order valence-corrected chi connectivity index (χ4v) is 2.35. The summed E-state index contributed by atoms with van der Waals surface area (Å²) in [4.78, 5) is 0. The van der Waals surface area contributed by atoms with E-state index in [1.54, 1.807) is 7.11 Å². The second kappa shape index (κ2) is 6.22. The van der Waals surface area contributed by atoms with Crippen LogP contribution in [0.4, 0.5) is 0 Å². The summed E-state index contributed by atoms with van der Waals surface area (Å²) in [5.74, 6) is 0.815. The molecule has 0 fully saturated rings. The zero-order chi connectivity index (χ0) is 13.8. The van der Waals surface area contributed by atoms with Gasteiger partial charge in [0.05, 0.1) is 13.2 Å². The summed E-state index contributed by atoms with van der Waals surface area (Å²) in [7, 11) is 1.65. The number of hydrogen-bond acceptors (Lipinski definition) is 2. The third-order valence-electron chi connectivity index (χ3n) is 3.14. The average molecular weight is 321 g/mol. The standard InChI is InChI=1S/C16H17BrO2/c1-11-6-7-13(10-15(11)17)16(18)9-12-4-3-5-14(8-12)19-2/h3-8,10,16,18H,9H2,1-2H3. The van der Waals surface area contributed by atoms with E-state index in [1.807, 2.05) is 49.4 Å². The Morgan fingerprint density at radius 1 is 1.21 bits per heavy atom. The predicted molar refractivity (Wildman–Crippen MR) is 80.5 cm³/mol. The number of aryl methyl sites for hydroxylation is 1. The lowest BCUT2D eigenvalue weighted by molar-refractivity contribution is 0.178. The summed E-state index contributed by atoms with van der Waals surface area (Å²) in [6.07, 6.45) is 0.0659. The Kier molecular flexibility index (Phi) is 4.61. The maximum Gasteiger partial charge on any atom is 0.119 e. The van der Waals surface area contributed by atoms with Crippen molar-refractivity contribution < 1.29 is 9.84 Å². The predicted octanol–water partition coefficient (Wildman–Crippen LogP) is 4.04. The van der Waals surface area contributed by atoms with Crippen LogP contribution in [0.1, 0.15) is 22.8 Å². The van der Waals surface area contributed by atoms with Crippen LogP contribution in [0.2, 0.25) is 0 Å². The highest BCUT2D eigenvalue weighted by Crippen LogP contribution is 2.25. The van der Waals surface area contributed by atoms with Gasteiger partial charge in [-0.2, -0.15) is 0 Å². The Morgan fingerprint density at radius 2 is 2.00 bits per heavy atom. The van der Waals surface area contributed by atoms with Crippen molar-refractivity contribution in [2.24, 2.45) is 0 Å². The zero-order valence-corrected chi connectivity index (χ0v) is 12.6. The molecule has 0 aliphatic carbocycles. The molecule has 1 atom stereocenters. The van der Waals surface area contributed by atoms with Gasteiger partial charge >= 0.3 is 0 Å². The maximum atomic E-state index is 10.3. The molecule has 0 saturated carbocycles. The highest BCUT2D eigenvalue weighted by atomic mass is 79.9. The summed E-state index contributed by atoms with van der Waals surface area (Å²) in [6.45, 7) is 2.03. The van der Waals surface area contributed by atoms with Crippen molar-refractivity contribution in [1.29, 1.82) is 0 Å². The normalized spacial score (nSPS) is 12.2. The first-order chi connectivity index (χ1) is 9.10. The van der Waals surface area contributed by atoms with E-state index in [1.165, 1.54) is 0 Å². The van der Waals surface area contributed by atoms with Crippen LogP contribution in [0.3, 0.4) is 0 Å². The van der Waals surface area contributed by atoms with Crippen molar-refractivity contribution in [3.63, 3.8) is 0 Å². The lowest BCUT2D eigenvalue weighted by Gasteiger charge is -2.13. The van der Waals surface area contributed by atoms with E-state index in [-0.39, 0.29) is 0 Å². The third kappa shape index (κ3) is 3.58. The van der Waals surface area contributed by atoms with E-state index in [2.05, 4.69) is 15.9 Å². The SMILES string of the molecule is COc1cccc(CC(O)c2ccc(C)c(Br)c2)c1. The number of rotatable bonds is 4. The minimum atomic E-state index is -0.510. The minimum Gasteiger partial charge on any atom is -0.497 e. The molecule has 0 aliphatic heterocycles. The largest absolute Gasteiger partial charge is 0.497 e. The van der Waals surface area contributed by atoms with Gasteiger partial charge in [0.2, 0.25) is 0 Å². The van der Waals surface area contributed by atoms with Crippen LogP contribution < -0.4 is 4.74 Å². The van der Waals surface area contributed by atoms with Gasteiger partial charge in [-0.25, -0.2) is 0 Å². The fraction of sp³-hybridized carbons (Fsp3) is 0.250. The number of benzene rings is 2. The molecule has 100 valence electrons. The Bertz CT molecular complexity index is 566. The van der Waals surface area contributed by atoms with Crippen LogP contribution in [0.25, 0.3) is 0 Å². The molecule has 3 heteroatoms. The number of aliphatic hydroxyl groups is 1. The molecular formula is C16H17BrO2. The van der Waals surface area contributed by atoms with Crippen LogP contribution in [0.15, 0.2) is 46.9 Å². The molecule has 2 aromatic rings. The molecule has 0 bridgehead atoms. The summed E-state index contributed by atoms with van der Waals surface area (Å²) in [5.41, 5.74) is 3.14. The molecule has 1 N–H and O–H groups in total. The van der Waals surface area contributed by atoms with E-state index in [0.717, 1.165) is 26.9 Å². The summed E-state index contributed by atoms with van der Waals surface area (Å²) >= 11 is 3.49. The number of aliphatic hydroxyl groups excluding tert-OH is 1. The van der Waals surface area contributed by atoms with E-state index < -0.39 is 6.10 Å². The van der Waals surface area contributed by atoms with Gasteiger partial charge in [0.1, 0.15) is 5.75 Å². The molecule has 2 aromatic carbocycles. The van der Waals surface area contributed by atoms with Crippen LogP contribution in [0, 0.1) is 6.92 Å². The molecule has 0 spiro atoms. The molecule has 19 heavy (non-hydrogen) atoms. The monoisotopic (exact) mass is 320 g/mol. The maximum absolute atomic E-state index is 10.3. The van der Waals surface area contributed by atoms with E-state index in [0.29, 0.717) is 6.42 Å². The topological polar surface area (TPSA) is 29.5 Å². The quantitative estimate of drug-likeness (QED) is 0.921. The van der Waals surface area contributed by atoms with Crippen molar-refractivity contribution in [2.45, 2.75) is 19.4 Å². The van der Waals surface area contributed by atoms with E-state index >= 15 is 0 Å². The smallest absolute Gasteiger partial charge is 0.119 e. The summed E-state index contributed by atoms with van der Waals surface area (Å²) in [5, 5.41) is 10.3. The second-order valence-corrected chi connectivity index (χ2v) is 5.43. The lowest BCUT2D eigenvalue weighted by Crippen LogP contribution is -2.02. The van der Waals surface area contributed by atoms with Crippen LogP contribution in [-0.4, -0.2) is 12.2 Å².